The molecule has 11 heavy (non-hydrogen) atoms. The van der Waals surface area contributed by atoms with Crippen molar-refractivity contribution < 1.29 is 0 Å². The summed E-state index contributed by atoms with van der Waals surface area (Å²) in [7, 11) is 0. The van der Waals surface area contributed by atoms with Crippen molar-refractivity contribution in [3.8, 4) is 12.3 Å². The molecule has 0 unspecified atom stereocenters. The standard InChI is InChI=1S/C8H7BrN2/c1-2-5-10-7-4-3-6-11-8(7)9/h1,3-4,6,10H,5H2. The molecule has 1 N–H and O–H groups in total. The van der Waals surface area contributed by atoms with Gasteiger partial charge in [0.05, 0.1) is 12.2 Å². The zero-order chi connectivity index (χ0) is 8.10. The molecular formula is C8H7BrN2. The largest absolute Gasteiger partial charge is 0.372 e. The third kappa shape index (κ3) is 2.24. The van der Waals surface area contributed by atoms with Gasteiger partial charge in [0.15, 0.2) is 0 Å². The zero-order valence-electron chi connectivity index (χ0n) is 5.84. The molecule has 0 amide bonds. The molecule has 0 spiro atoms. The van der Waals surface area contributed by atoms with E-state index in [9.17, 15) is 0 Å². The highest BCUT2D eigenvalue weighted by molar-refractivity contribution is 9.10. The van der Waals surface area contributed by atoms with Crippen molar-refractivity contribution in [1.29, 1.82) is 0 Å². The number of halogens is 1. The summed E-state index contributed by atoms with van der Waals surface area (Å²) in [6.07, 6.45) is 6.79. The van der Waals surface area contributed by atoms with Gasteiger partial charge < -0.3 is 5.32 Å². The molecule has 1 heterocycles. The minimum Gasteiger partial charge on any atom is -0.372 e. The van der Waals surface area contributed by atoms with Crippen LogP contribution in [0.2, 0.25) is 0 Å². The van der Waals surface area contributed by atoms with Gasteiger partial charge in [-0.3, -0.25) is 0 Å². The summed E-state index contributed by atoms with van der Waals surface area (Å²) in [5, 5.41) is 3.02. The summed E-state index contributed by atoms with van der Waals surface area (Å²) in [6, 6.07) is 3.76. The van der Waals surface area contributed by atoms with Crippen LogP contribution in [0.1, 0.15) is 0 Å². The van der Waals surface area contributed by atoms with Crippen LogP contribution < -0.4 is 5.32 Å². The van der Waals surface area contributed by atoms with E-state index in [4.69, 9.17) is 6.42 Å². The Kier molecular flexibility index (Phi) is 2.94. The summed E-state index contributed by atoms with van der Waals surface area (Å²) >= 11 is 3.28. The maximum atomic E-state index is 5.08. The second-order valence-electron chi connectivity index (χ2n) is 1.90. The molecule has 0 aromatic carbocycles. The fraction of sp³-hybridized carbons (Fsp3) is 0.125. The number of rotatable bonds is 2. The Hall–Kier alpha value is -1.01. The van der Waals surface area contributed by atoms with E-state index in [-0.39, 0.29) is 0 Å². The van der Waals surface area contributed by atoms with E-state index in [2.05, 4.69) is 32.2 Å². The Morgan fingerprint density at radius 3 is 3.18 bits per heavy atom. The predicted molar refractivity (Wildman–Crippen MR) is 49.3 cm³/mol. The summed E-state index contributed by atoms with van der Waals surface area (Å²) in [5.74, 6) is 2.48. The normalized spacial score (nSPS) is 8.73. The van der Waals surface area contributed by atoms with E-state index in [0.29, 0.717) is 6.54 Å². The first-order chi connectivity index (χ1) is 5.34. The molecule has 0 aliphatic rings. The van der Waals surface area contributed by atoms with Gasteiger partial charge in [-0.25, -0.2) is 4.98 Å². The molecule has 0 fully saturated rings. The average molecular weight is 211 g/mol. The van der Waals surface area contributed by atoms with Gasteiger partial charge in [-0.05, 0) is 28.1 Å². The molecule has 3 heteroatoms. The summed E-state index contributed by atoms with van der Waals surface area (Å²) in [6.45, 7) is 0.518. The Labute approximate surface area is 74.2 Å². The van der Waals surface area contributed by atoms with Gasteiger partial charge >= 0.3 is 0 Å². The van der Waals surface area contributed by atoms with Crippen LogP contribution in [0.5, 0.6) is 0 Å². The number of hydrogen-bond donors (Lipinski definition) is 1. The predicted octanol–water partition coefficient (Wildman–Crippen LogP) is 1.89. The van der Waals surface area contributed by atoms with Gasteiger partial charge in [0, 0.05) is 6.20 Å². The minimum atomic E-state index is 0.518. The molecule has 0 saturated carbocycles. The molecule has 0 aliphatic heterocycles. The van der Waals surface area contributed by atoms with Gasteiger partial charge in [0.2, 0.25) is 0 Å². The SMILES string of the molecule is C#CCNc1cccnc1Br. The highest BCUT2D eigenvalue weighted by Gasteiger charge is 1.95. The number of nitrogens with zero attached hydrogens (tertiary/aromatic N) is 1. The maximum absolute atomic E-state index is 5.08. The van der Waals surface area contributed by atoms with E-state index in [1.807, 2.05) is 12.1 Å². The van der Waals surface area contributed by atoms with Crippen LogP contribution in [0.3, 0.4) is 0 Å². The molecule has 56 valence electrons. The van der Waals surface area contributed by atoms with Gasteiger partial charge in [0.1, 0.15) is 4.60 Å². The van der Waals surface area contributed by atoms with Gasteiger partial charge in [-0.15, -0.1) is 6.42 Å². The molecule has 1 aromatic rings. The van der Waals surface area contributed by atoms with Crippen LogP contribution in [-0.2, 0) is 0 Å². The molecule has 2 nitrogen and oxygen atoms in total. The molecule has 0 saturated heterocycles. The zero-order valence-corrected chi connectivity index (χ0v) is 7.43. The molecule has 0 bridgehead atoms. The first kappa shape index (κ1) is 8.09. The first-order valence-electron chi connectivity index (χ1n) is 3.12. The highest BCUT2D eigenvalue weighted by Crippen LogP contribution is 2.17. The van der Waals surface area contributed by atoms with E-state index < -0.39 is 0 Å². The van der Waals surface area contributed by atoms with Crippen molar-refractivity contribution >= 4 is 21.6 Å². The fourth-order valence-electron chi connectivity index (χ4n) is 0.664. The first-order valence-corrected chi connectivity index (χ1v) is 3.91. The van der Waals surface area contributed by atoms with Crippen molar-refractivity contribution in [2.45, 2.75) is 0 Å². The lowest BCUT2D eigenvalue weighted by atomic mass is 10.4. The van der Waals surface area contributed by atoms with Crippen molar-refractivity contribution in [3.63, 3.8) is 0 Å². The van der Waals surface area contributed by atoms with Crippen LogP contribution in [0.15, 0.2) is 22.9 Å². The molecule has 1 aromatic heterocycles. The number of terminal acetylenes is 1. The summed E-state index contributed by atoms with van der Waals surface area (Å²) in [4.78, 5) is 4.02. The van der Waals surface area contributed by atoms with E-state index in [1.54, 1.807) is 6.20 Å². The monoisotopic (exact) mass is 210 g/mol. The third-order valence-electron chi connectivity index (χ3n) is 1.14. The molecule has 1 rings (SSSR count). The fourth-order valence-corrected chi connectivity index (χ4v) is 1.05. The van der Waals surface area contributed by atoms with Crippen molar-refractivity contribution in [2.24, 2.45) is 0 Å². The Morgan fingerprint density at radius 2 is 2.55 bits per heavy atom. The molecule has 0 aliphatic carbocycles. The average Bonchev–Trinajstić information content (AvgIpc) is 2.03. The number of nitrogens with one attached hydrogen (secondary N) is 1. The number of anilines is 1. The highest BCUT2D eigenvalue weighted by atomic mass is 79.9. The maximum Gasteiger partial charge on any atom is 0.129 e. The van der Waals surface area contributed by atoms with Crippen LogP contribution in [0.25, 0.3) is 0 Å². The minimum absolute atomic E-state index is 0.518. The number of pyridine rings is 1. The molecule has 0 atom stereocenters. The van der Waals surface area contributed by atoms with Gasteiger partial charge in [-0.2, -0.15) is 0 Å². The topological polar surface area (TPSA) is 24.9 Å². The Bertz CT molecular complexity index is 278. The third-order valence-corrected chi connectivity index (χ3v) is 1.77. The lowest BCUT2D eigenvalue weighted by Gasteiger charge is -2.02. The molecule has 0 radical (unpaired) electrons. The summed E-state index contributed by atoms with van der Waals surface area (Å²) < 4.78 is 0.787. The lowest BCUT2D eigenvalue weighted by Crippen LogP contribution is -1.99. The van der Waals surface area contributed by atoms with Crippen LogP contribution >= 0.6 is 15.9 Å². The van der Waals surface area contributed by atoms with Crippen LogP contribution in [0, 0.1) is 12.3 Å². The van der Waals surface area contributed by atoms with Crippen LogP contribution in [0.4, 0.5) is 5.69 Å². The van der Waals surface area contributed by atoms with E-state index >= 15 is 0 Å². The number of aromatic nitrogens is 1. The van der Waals surface area contributed by atoms with Gasteiger partial charge in [-0.1, -0.05) is 5.92 Å². The second-order valence-corrected chi connectivity index (χ2v) is 2.65. The molecular weight excluding hydrogens is 204 g/mol. The van der Waals surface area contributed by atoms with Gasteiger partial charge in [0.25, 0.3) is 0 Å². The Morgan fingerprint density at radius 1 is 1.73 bits per heavy atom. The van der Waals surface area contributed by atoms with Crippen molar-refractivity contribution in [2.75, 3.05) is 11.9 Å². The number of hydrogen-bond acceptors (Lipinski definition) is 2. The van der Waals surface area contributed by atoms with Crippen molar-refractivity contribution in [1.82, 2.24) is 4.98 Å². The Balaban J connectivity index is 2.71. The quantitative estimate of drug-likeness (QED) is 0.596. The summed E-state index contributed by atoms with van der Waals surface area (Å²) in [5.41, 5.74) is 0.922. The second kappa shape index (κ2) is 3.99. The van der Waals surface area contributed by atoms with E-state index in [1.165, 1.54) is 0 Å². The smallest absolute Gasteiger partial charge is 0.129 e. The van der Waals surface area contributed by atoms with E-state index in [0.717, 1.165) is 10.3 Å². The lowest BCUT2D eigenvalue weighted by molar-refractivity contribution is 1.24. The van der Waals surface area contributed by atoms with Crippen molar-refractivity contribution in [3.05, 3.63) is 22.9 Å². The van der Waals surface area contributed by atoms with Crippen LogP contribution in [-0.4, -0.2) is 11.5 Å².